The Morgan fingerprint density at radius 3 is 2.60 bits per heavy atom. The van der Waals surface area contributed by atoms with Crippen molar-refractivity contribution in [1.82, 2.24) is 10.2 Å². The van der Waals surface area contributed by atoms with Gasteiger partial charge in [-0.05, 0) is 63.8 Å². The number of benzene rings is 1. The Morgan fingerprint density at radius 2 is 2.00 bits per heavy atom. The second-order valence-corrected chi connectivity index (χ2v) is 6.37. The number of aryl methyl sites for hydroxylation is 2. The van der Waals surface area contributed by atoms with Gasteiger partial charge in [-0.3, -0.25) is 4.90 Å². The molecular weight excluding hydrogens is 244 g/mol. The van der Waals surface area contributed by atoms with E-state index in [1.807, 2.05) is 0 Å². The number of hydrogen-bond acceptors (Lipinski definition) is 2. The van der Waals surface area contributed by atoms with Crippen LogP contribution in [0.1, 0.15) is 55.8 Å². The zero-order valence-electron chi connectivity index (χ0n) is 13.7. The second-order valence-electron chi connectivity index (χ2n) is 6.37. The van der Waals surface area contributed by atoms with Gasteiger partial charge in [0.05, 0.1) is 0 Å². The van der Waals surface area contributed by atoms with Crippen molar-refractivity contribution in [2.75, 3.05) is 13.6 Å². The molecule has 112 valence electrons. The third-order valence-electron chi connectivity index (χ3n) is 5.10. The first-order valence-corrected chi connectivity index (χ1v) is 8.07. The van der Waals surface area contributed by atoms with E-state index in [4.69, 9.17) is 0 Å². The predicted molar refractivity (Wildman–Crippen MR) is 87.2 cm³/mol. The van der Waals surface area contributed by atoms with Gasteiger partial charge in [0, 0.05) is 24.7 Å². The molecule has 20 heavy (non-hydrogen) atoms. The largest absolute Gasteiger partial charge is 0.312 e. The highest BCUT2D eigenvalue weighted by molar-refractivity contribution is 5.32. The van der Waals surface area contributed by atoms with Gasteiger partial charge in [0.25, 0.3) is 0 Å². The van der Waals surface area contributed by atoms with Crippen molar-refractivity contribution in [1.29, 1.82) is 0 Å². The highest BCUT2D eigenvalue weighted by Crippen LogP contribution is 2.28. The first-order valence-electron chi connectivity index (χ1n) is 8.07. The Kier molecular flexibility index (Phi) is 5.22. The van der Waals surface area contributed by atoms with Crippen LogP contribution in [0.5, 0.6) is 0 Å². The van der Waals surface area contributed by atoms with Crippen molar-refractivity contribution < 1.29 is 0 Å². The molecule has 3 unspecified atom stereocenters. The van der Waals surface area contributed by atoms with E-state index in [1.54, 1.807) is 0 Å². The summed E-state index contributed by atoms with van der Waals surface area (Å²) in [7, 11) is 2.08. The zero-order chi connectivity index (χ0) is 14.7. The van der Waals surface area contributed by atoms with Gasteiger partial charge in [-0.15, -0.1) is 0 Å². The van der Waals surface area contributed by atoms with Gasteiger partial charge in [-0.2, -0.15) is 0 Å². The average molecular weight is 274 g/mol. The van der Waals surface area contributed by atoms with E-state index in [-0.39, 0.29) is 0 Å². The molecule has 1 heterocycles. The fraction of sp³-hybridized carbons (Fsp3) is 0.667. The van der Waals surface area contributed by atoms with Crippen LogP contribution in [0.4, 0.5) is 0 Å². The van der Waals surface area contributed by atoms with Crippen LogP contribution in [0.3, 0.4) is 0 Å². The molecule has 2 heteroatoms. The van der Waals surface area contributed by atoms with E-state index in [0.29, 0.717) is 6.04 Å². The number of likely N-dealkylation sites (N-methyl/N-ethyl adjacent to an activating group) is 1. The SMILES string of the molecule is CCC1CCC(C)N1CC(NC)c1ccc(C)c(C)c1. The van der Waals surface area contributed by atoms with Gasteiger partial charge in [0.2, 0.25) is 0 Å². The molecule has 0 amide bonds. The molecule has 1 aliphatic rings. The summed E-state index contributed by atoms with van der Waals surface area (Å²) < 4.78 is 0. The summed E-state index contributed by atoms with van der Waals surface area (Å²) in [5.74, 6) is 0. The fourth-order valence-electron chi connectivity index (χ4n) is 3.45. The summed E-state index contributed by atoms with van der Waals surface area (Å²) in [6.07, 6.45) is 3.98. The van der Waals surface area contributed by atoms with Crippen LogP contribution in [0.2, 0.25) is 0 Å². The van der Waals surface area contributed by atoms with Crippen molar-refractivity contribution in [3.05, 3.63) is 34.9 Å². The van der Waals surface area contributed by atoms with Gasteiger partial charge in [-0.1, -0.05) is 25.1 Å². The van der Waals surface area contributed by atoms with Crippen LogP contribution in [0.15, 0.2) is 18.2 Å². The molecule has 0 aliphatic carbocycles. The lowest BCUT2D eigenvalue weighted by molar-refractivity contribution is 0.179. The predicted octanol–water partition coefficient (Wildman–Crippen LogP) is 3.83. The molecule has 1 aromatic carbocycles. The molecular formula is C18H30N2. The summed E-state index contributed by atoms with van der Waals surface area (Å²) in [6.45, 7) is 10.2. The highest BCUT2D eigenvalue weighted by Gasteiger charge is 2.30. The average Bonchev–Trinajstić information content (AvgIpc) is 2.79. The molecule has 1 aliphatic heterocycles. The third-order valence-corrected chi connectivity index (χ3v) is 5.10. The molecule has 0 spiro atoms. The maximum absolute atomic E-state index is 3.52. The van der Waals surface area contributed by atoms with Crippen molar-refractivity contribution in [3.63, 3.8) is 0 Å². The number of rotatable bonds is 5. The molecule has 0 saturated carbocycles. The number of nitrogens with one attached hydrogen (secondary N) is 1. The summed E-state index contributed by atoms with van der Waals surface area (Å²) in [4.78, 5) is 2.70. The van der Waals surface area contributed by atoms with Crippen LogP contribution >= 0.6 is 0 Å². The minimum absolute atomic E-state index is 0.434. The van der Waals surface area contributed by atoms with Gasteiger partial charge in [-0.25, -0.2) is 0 Å². The lowest BCUT2D eigenvalue weighted by Gasteiger charge is -2.32. The molecule has 1 fully saturated rings. The van der Waals surface area contributed by atoms with Crippen LogP contribution < -0.4 is 5.32 Å². The van der Waals surface area contributed by atoms with Crippen molar-refractivity contribution in [2.45, 2.75) is 65.1 Å². The molecule has 1 N–H and O–H groups in total. The lowest BCUT2D eigenvalue weighted by Crippen LogP contribution is -2.40. The smallest absolute Gasteiger partial charge is 0.0447 e. The maximum atomic E-state index is 3.52. The van der Waals surface area contributed by atoms with E-state index in [2.05, 4.69) is 63.2 Å². The number of hydrogen-bond donors (Lipinski definition) is 1. The van der Waals surface area contributed by atoms with Gasteiger partial charge in [0.15, 0.2) is 0 Å². The van der Waals surface area contributed by atoms with Gasteiger partial charge >= 0.3 is 0 Å². The normalized spacial score (nSPS) is 25.1. The first kappa shape index (κ1) is 15.5. The van der Waals surface area contributed by atoms with Crippen molar-refractivity contribution >= 4 is 0 Å². The molecule has 1 aromatic rings. The molecule has 0 bridgehead atoms. The summed E-state index contributed by atoms with van der Waals surface area (Å²) in [5.41, 5.74) is 4.19. The Bertz CT molecular complexity index is 441. The standard InChI is InChI=1S/C18H30N2/c1-6-17-10-8-15(4)20(17)12-18(19-5)16-9-7-13(2)14(3)11-16/h7,9,11,15,17-19H,6,8,10,12H2,1-5H3. The first-order chi connectivity index (χ1) is 9.56. The number of likely N-dealkylation sites (tertiary alicyclic amines) is 1. The third kappa shape index (κ3) is 3.24. The molecule has 3 atom stereocenters. The Labute approximate surface area is 124 Å². The van der Waals surface area contributed by atoms with Gasteiger partial charge in [0.1, 0.15) is 0 Å². The Balaban J connectivity index is 2.13. The zero-order valence-corrected chi connectivity index (χ0v) is 13.7. The van der Waals surface area contributed by atoms with Gasteiger partial charge < -0.3 is 5.32 Å². The highest BCUT2D eigenvalue weighted by atomic mass is 15.2. The fourth-order valence-corrected chi connectivity index (χ4v) is 3.45. The van der Waals surface area contributed by atoms with Crippen LogP contribution in [0, 0.1) is 13.8 Å². The van der Waals surface area contributed by atoms with Crippen molar-refractivity contribution in [3.8, 4) is 0 Å². The van der Waals surface area contributed by atoms with E-state index >= 15 is 0 Å². The topological polar surface area (TPSA) is 15.3 Å². The van der Waals surface area contributed by atoms with E-state index in [9.17, 15) is 0 Å². The monoisotopic (exact) mass is 274 g/mol. The minimum Gasteiger partial charge on any atom is -0.312 e. The van der Waals surface area contributed by atoms with Crippen LogP contribution in [-0.4, -0.2) is 30.6 Å². The van der Waals surface area contributed by atoms with E-state index < -0.39 is 0 Å². The maximum Gasteiger partial charge on any atom is 0.0447 e. The van der Waals surface area contributed by atoms with Crippen molar-refractivity contribution in [2.24, 2.45) is 0 Å². The van der Waals surface area contributed by atoms with Crippen LogP contribution in [0.25, 0.3) is 0 Å². The van der Waals surface area contributed by atoms with E-state index in [1.165, 1.54) is 36.0 Å². The Hall–Kier alpha value is -0.860. The lowest BCUT2D eigenvalue weighted by atomic mass is 10.00. The molecule has 0 aromatic heterocycles. The van der Waals surface area contributed by atoms with Crippen LogP contribution in [-0.2, 0) is 0 Å². The molecule has 1 saturated heterocycles. The summed E-state index contributed by atoms with van der Waals surface area (Å²) in [6, 6.07) is 8.81. The summed E-state index contributed by atoms with van der Waals surface area (Å²) in [5, 5.41) is 3.52. The molecule has 2 rings (SSSR count). The minimum atomic E-state index is 0.434. The molecule has 2 nitrogen and oxygen atoms in total. The van der Waals surface area contributed by atoms with E-state index in [0.717, 1.165) is 18.6 Å². The summed E-state index contributed by atoms with van der Waals surface area (Å²) >= 11 is 0. The number of nitrogens with zero attached hydrogens (tertiary/aromatic N) is 1. The Morgan fingerprint density at radius 1 is 1.25 bits per heavy atom. The quantitative estimate of drug-likeness (QED) is 0.878. The second kappa shape index (κ2) is 6.73. The molecule has 0 radical (unpaired) electrons.